The van der Waals surface area contributed by atoms with E-state index in [1.54, 1.807) is 0 Å². The summed E-state index contributed by atoms with van der Waals surface area (Å²) < 4.78 is 38.2. The highest BCUT2D eigenvalue weighted by molar-refractivity contribution is 14.0. The minimum absolute atomic E-state index is 0. The molecule has 3 rings (SSSR count). The van der Waals surface area contributed by atoms with Gasteiger partial charge in [-0.1, -0.05) is 30.3 Å². The predicted octanol–water partition coefficient (Wildman–Crippen LogP) is 3.98. The molecule has 2 aromatic rings. The molecule has 0 bridgehead atoms. The number of rotatable bonds is 6. The number of hydrogen-bond donors (Lipinski definition) is 2. The third kappa shape index (κ3) is 6.71. The van der Waals surface area contributed by atoms with Crippen LogP contribution in [0.15, 0.2) is 47.6 Å². The van der Waals surface area contributed by atoms with Crippen LogP contribution >= 0.6 is 24.0 Å². The molecular weight excluding hydrogens is 508 g/mol. The van der Waals surface area contributed by atoms with Crippen LogP contribution in [0.25, 0.3) is 0 Å². The molecule has 164 valence electrons. The zero-order chi connectivity index (χ0) is 20.7. The monoisotopic (exact) mass is 534 g/mol. The Morgan fingerprint density at radius 3 is 2.70 bits per heavy atom. The molecule has 1 aromatic heterocycles. The molecule has 6 nitrogen and oxygen atoms in total. The molecule has 1 saturated heterocycles. The van der Waals surface area contributed by atoms with Crippen LogP contribution in [0.3, 0.4) is 0 Å². The fourth-order valence-electron chi connectivity index (χ4n) is 3.31. The molecular formula is C20H26F3IN6. The summed E-state index contributed by atoms with van der Waals surface area (Å²) in [7, 11) is 0. The largest absolute Gasteiger partial charge is 0.433 e. The van der Waals surface area contributed by atoms with Crippen molar-refractivity contribution in [1.29, 1.82) is 0 Å². The van der Waals surface area contributed by atoms with Gasteiger partial charge in [0.2, 0.25) is 5.95 Å². The Bertz CT molecular complexity index is 816. The van der Waals surface area contributed by atoms with Crippen LogP contribution in [0.4, 0.5) is 19.1 Å². The van der Waals surface area contributed by atoms with E-state index in [1.165, 1.54) is 5.56 Å². The van der Waals surface area contributed by atoms with Gasteiger partial charge in [-0.25, -0.2) is 9.97 Å². The molecule has 2 heterocycles. The predicted molar refractivity (Wildman–Crippen MR) is 122 cm³/mol. The van der Waals surface area contributed by atoms with Crippen molar-refractivity contribution in [2.45, 2.75) is 25.4 Å². The second-order valence-corrected chi connectivity index (χ2v) is 6.77. The molecule has 2 N–H and O–H groups in total. The number of guanidine groups is 1. The Labute approximate surface area is 191 Å². The number of nitrogens with zero attached hydrogens (tertiary/aromatic N) is 4. The summed E-state index contributed by atoms with van der Waals surface area (Å²) in [5.41, 5.74) is 0.366. The summed E-state index contributed by atoms with van der Waals surface area (Å²) in [5, 5.41) is 6.10. The first-order chi connectivity index (χ1) is 14.0. The van der Waals surface area contributed by atoms with Crippen molar-refractivity contribution in [3.63, 3.8) is 0 Å². The molecule has 1 aliphatic heterocycles. The van der Waals surface area contributed by atoms with Crippen LogP contribution in [-0.4, -0.2) is 53.6 Å². The van der Waals surface area contributed by atoms with Gasteiger partial charge in [-0.15, -0.1) is 24.0 Å². The van der Waals surface area contributed by atoms with E-state index in [4.69, 9.17) is 0 Å². The summed E-state index contributed by atoms with van der Waals surface area (Å²) in [6.07, 6.45) is -2.33. The van der Waals surface area contributed by atoms with E-state index in [0.29, 0.717) is 19.0 Å². The molecule has 10 heteroatoms. The van der Waals surface area contributed by atoms with E-state index in [0.717, 1.165) is 44.3 Å². The minimum atomic E-state index is -4.49. The highest BCUT2D eigenvalue weighted by Crippen LogP contribution is 2.28. The van der Waals surface area contributed by atoms with Crippen LogP contribution in [0.1, 0.15) is 30.5 Å². The Balaban J connectivity index is 0.00000320. The first-order valence-corrected chi connectivity index (χ1v) is 9.69. The summed E-state index contributed by atoms with van der Waals surface area (Å²) in [6.45, 7) is 5.29. The van der Waals surface area contributed by atoms with Gasteiger partial charge in [-0.05, 0) is 25.0 Å². The summed E-state index contributed by atoms with van der Waals surface area (Å²) in [5.74, 6) is 1.24. The van der Waals surface area contributed by atoms with Crippen molar-refractivity contribution in [3.05, 3.63) is 53.9 Å². The smallest absolute Gasteiger partial charge is 0.357 e. The number of alkyl halides is 3. The summed E-state index contributed by atoms with van der Waals surface area (Å²) in [6, 6.07) is 11.3. The lowest BCUT2D eigenvalue weighted by Gasteiger charge is -2.22. The molecule has 1 aliphatic rings. The maximum absolute atomic E-state index is 12.7. The highest BCUT2D eigenvalue weighted by atomic mass is 127. The third-order valence-corrected chi connectivity index (χ3v) is 4.70. The zero-order valence-corrected chi connectivity index (χ0v) is 19.0. The molecule has 30 heavy (non-hydrogen) atoms. The Morgan fingerprint density at radius 1 is 1.23 bits per heavy atom. The average molecular weight is 534 g/mol. The van der Waals surface area contributed by atoms with Crippen LogP contribution in [0.5, 0.6) is 0 Å². The van der Waals surface area contributed by atoms with Gasteiger partial charge in [0.05, 0.1) is 6.54 Å². The SMILES string of the molecule is CCNC(=NCCNc1nccc(C(F)(F)F)n1)N1CCC(c2ccccc2)C1.I. The minimum Gasteiger partial charge on any atom is -0.357 e. The highest BCUT2D eigenvalue weighted by Gasteiger charge is 2.32. The number of anilines is 1. The topological polar surface area (TPSA) is 65.4 Å². The van der Waals surface area contributed by atoms with Crippen LogP contribution in [0.2, 0.25) is 0 Å². The van der Waals surface area contributed by atoms with Gasteiger partial charge in [0.1, 0.15) is 5.69 Å². The van der Waals surface area contributed by atoms with Crippen molar-refractivity contribution in [2.24, 2.45) is 4.99 Å². The lowest BCUT2D eigenvalue weighted by atomic mass is 9.99. The van der Waals surface area contributed by atoms with E-state index in [-0.39, 0.29) is 29.9 Å². The first-order valence-electron chi connectivity index (χ1n) is 9.69. The molecule has 1 unspecified atom stereocenters. The van der Waals surface area contributed by atoms with Gasteiger partial charge in [0, 0.05) is 38.3 Å². The normalized spacial score (nSPS) is 16.9. The van der Waals surface area contributed by atoms with Crippen LogP contribution in [0, 0.1) is 0 Å². The number of hydrogen-bond acceptors (Lipinski definition) is 4. The molecule has 0 saturated carbocycles. The van der Waals surface area contributed by atoms with Gasteiger partial charge in [0.15, 0.2) is 5.96 Å². The quantitative estimate of drug-likeness (QED) is 0.254. The molecule has 0 amide bonds. The number of likely N-dealkylation sites (tertiary alicyclic amines) is 1. The standard InChI is InChI=1S/C20H25F3N6.HI/c1-2-24-19(29-13-9-16(14-29)15-6-4-3-5-7-15)27-12-11-26-18-25-10-8-17(28-18)20(21,22)23;/h3-8,10,16H,2,9,11-14H2,1H3,(H,24,27)(H,25,26,28);1H. The maximum Gasteiger partial charge on any atom is 0.433 e. The van der Waals surface area contributed by atoms with Crippen molar-refractivity contribution >= 4 is 35.9 Å². The van der Waals surface area contributed by atoms with Crippen molar-refractivity contribution in [1.82, 2.24) is 20.2 Å². The van der Waals surface area contributed by atoms with Gasteiger partial charge in [-0.3, -0.25) is 4.99 Å². The second-order valence-electron chi connectivity index (χ2n) is 6.77. The number of aliphatic imine (C=N–C) groups is 1. The fourth-order valence-corrected chi connectivity index (χ4v) is 3.31. The Morgan fingerprint density at radius 2 is 2.00 bits per heavy atom. The van der Waals surface area contributed by atoms with Crippen molar-refractivity contribution in [3.8, 4) is 0 Å². The van der Waals surface area contributed by atoms with E-state index < -0.39 is 11.9 Å². The summed E-state index contributed by atoms with van der Waals surface area (Å²) >= 11 is 0. The molecule has 1 aromatic carbocycles. The first kappa shape index (κ1) is 24.2. The number of nitrogens with one attached hydrogen (secondary N) is 2. The second kappa shape index (κ2) is 11.3. The average Bonchev–Trinajstić information content (AvgIpc) is 3.21. The number of benzene rings is 1. The molecule has 1 fully saturated rings. The molecule has 0 aliphatic carbocycles. The van der Waals surface area contributed by atoms with E-state index in [9.17, 15) is 13.2 Å². The lowest BCUT2D eigenvalue weighted by molar-refractivity contribution is -0.141. The Kier molecular flexibility index (Phi) is 9.12. The molecule has 0 radical (unpaired) electrons. The van der Waals surface area contributed by atoms with Gasteiger partial charge in [0.25, 0.3) is 0 Å². The number of aromatic nitrogens is 2. The lowest BCUT2D eigenvalue weighted by Crippen LogP contribution is -2.40. The molecule has 0 spiro atoms. The van der Waals surface area contributed by atoms with Gasteiger partial charge >= 0.3 is 6.18 Å². The van der Waals surface area contributed by atoms with Crippen molar-refractivity contribution < 1.29 is 13.2 Å². The number of halogens is 4. The van der Waals surface area contributed by atoms with E-state index >= 15 is 0 Å². The summed E-state index contributed by atoms with van der Waals surface area (Å²) in [4.78, 5) is 14.2. The Hall–Kier alpha value is -2.11. The van der Waals surface area contributed by atoms with Crippen LogP contribution in [-0.2, 0) is 6.18 Å². The van der Waals surface area contributed by atoms with E-state index in [1.807, 2.05) is 13.0 Å². The fraction of sp³-hybridized carbons (Fsp3) is 0.450. The van der Waals surface area contributed by atoms with Crippen molar-refractivity contribution in [2.75, 3.05) is 38.0 Å². The zero-order valence-electron chi connectivity index (χ0n) is 16.7. The van der Waals surface area contributed by atoms with Gasteiger partial charge < -0.3 is 15.5 Å². The third-order valence-electron chi connectivity index (χ3n) is 4.70. The van der Waals surface area contributed by atoms with Gasteiger partial charge in [-0.2, -0.15) is 13.2 Å². The van der Waals surface area contributed by atoms with Crippen LogP contribution < -0.4 is 10.6 Å². The maximum atomic E-state index is 12.7. The van der Waals surface area contributed by atoms with E-state index in [2.05, 4.69) is 54.8 Å². The molecule has 1 atom stereocenters.